The molecule has 0 spiro atoms. The molecule has 0 saturated carbocycles. The average molecular weight is 303 g/mol. The van der Waals surface area contributed by atoms with Gasteiger partial charge < -0.3 is 10.6 Å². The van der Waals surface area contributed by atoms with E-state index in [4.69, 9.17) is 11.6 Å². The number of hydrogen-bond donors (Lipinski definition) is 2. The molecule has 5 heteroatoms. The lowest BCUT2D eigenvalue weighted by Crippen LogP contribution is -2.45. The van der Waals surface area contributed by atoms with E-state index in [1.165, 1.54) is 0 Å². The summed E-state index contributed by atoms with van der Waals surface area (Å²) in [6.45, 7) is 5.72. The quantitative estimate of drug-likeness (QED) is 0.901. The van der Waals surface area contributed by atoms with Crippen LogP contribution in [0.2, 0.25) is 5.02 Å². The molecule has 1 unspecified atom stereocenters. The molecule has 3 nitrogen and oxygen atoms in total. The zero-order valence-electron chi connectivity index (χ0n) is 11.2. The topological polar surface area (TPSA) is 41.1 Å². The lowest BCUT2D eigenvalue weighted by molar-refractivity contribution is -0.126. The van der Waals surface area contributed by atoms with Crippen LogP contribution in [-0.4, -0.2) is 25.0 Å². The van der Waals surface area contributed by atoms with Crippen LogP contribution >= 0.6 is 24.0 Å². The van der Waals surface area contributed by atoms with Gasteiger partial charge in [-0.25, -0.2) is 0 Å². The fourth-order valence-electron chi connectivity index (χ4n) is 2.14. The zero-order chi connectivity index (χ0) is 13.2. The lowest BCUT2D eigenvalue weighted by atomic mass is 9.83. The fraction of sp³-hybridized carbons (Fsp3) is 0.500. The summed E-state index contributed by atoms with van der Waals surface area (Å²) in [6.07, 6.45) is 1.00. The Morgan fingerprint density at radius 3 is 2.53 bits per heavy atom. The van der Waals surface area contributed by atoms with Crippen molar-refractivity contribution in [1.82, 2.24) is 10.6 Å². The second-order valence-electron chi connectivity index (χ2n) is 5.30. The molecule has 1 aliphatic heterocycles. The molecule has 1 saturated heterocycles. The van der Waals surface area contributed by atoms with Crippen molar-refractivity contribution in [2.75, 3.05) is 13.1 Å². The minimum absolute atomic E-state index is 0. The Labute approximate surface area is 125 Å². The van der Waals surface area contributed by atoms with E-state index < -0.39 is 5.41 Å². The van der Waals surface area contributed by atoms with Crippen LogP contribution in [-0.2, 0) is 10.2 Å². The molecule has 1 atom stereocenters. The Morgan fingerprint density at radius 1 is 1.37 bits per heavy atom. The van der Waals surface area contributed by atoms with Gasteiger partial charge in [0.15, 0.2) is 0 Å². The summed E-state index contributed by atoms with van der Waals surface area (Å²) in [5.74, 6) is 0.0681. The van der Waals surface area contributed by atoms with Gasteiger partial charge in [0.2, 0.25) is 5.91 Å². The van der Waals surface area contributed by atoms with E-state index in [1.807, 2.05) is 38.1 Å². The first-order valence-electron chi connectivity index (χ1n) is 6.28. The summed E-state index contributed by atoms with van der Waals surface area (Å²) in [7, 11) is 0. The van der Waals surface area contributed by atoms with Gasteiger partial charge >= 0.3 is 0 Å². The van der Waals surface area contributed by atoms with Crippen LogP contribution in [0.3, 0.4) is 0 Å². The van der Waals surface area contributed by atoms with Gasteiger partial charge in [0.05, 0.1) is 5.41 Å². The van der Waals surface area contributed by atoms with Gasteiger partial charge in [-0.1, -0.05) is 23.7 Å². The molecular formula is C14H20Cl2N2O. The predicted molar refractivity (Wildman–Crippen MR) is 81.1 cm³/mol. The molecule has 0 aliphatic carbocycles. The number of hydrogen-bond acceptors (Lipinski definition) is 2. The Bertz CT molecular complexity index is 426. The second-order valence-corrected chi connectivity index (χ2v) is 5.73. The highest BCUT2D eigenvalue weighted by Gasteiger charge is 2.31. The third-order valence-electron chi connectivity index (χ3n) is 3.53. The van der Waals surface area contributed by atoms with Crippen molar-refractivity contribution in [3.8, 4) is 0 Å². The minimum atomic E-state index is -0.535. The van der Waals surface area contributed by atoms with Gasteiger partial charge in [0, 0.05) is 17.6 Å². The molecule has 19 heavy (non-hydrogen) atoms. The SMILES string of the molecule is CC(C)(C(=O)NC1CCNC1)c1ccc(Cl)cc1.Cl. The normalized spacial score (nSPS) is 18.8. The molecular weight excluding hydrogens is 283 g/mol. The summed E-state index contributed by atoms with van der Waals surface area (Å²) in [5.41, 5.74) is 0.447. The van der Waals surface area contributed by atoms with E-state index in [2.05, 4.69) is 10.6 Å². The smallest absolute Gasteiger partial charge is 0.230 e. The molecule has 2 rings (SSSR count). The molecule has 1 fully saturated rings. The van der Waals surface area contributed by atoms with Crippen molar-refractivity contribution < 1.29 is 4.79 Å². The van der Waals surface area contributed by atoms with Crippen molar-refractivity contribution in [3.63, 3.8) is 0 Å². The third-order valence-corrected chi connectivity index (χ3v) is 3.78. The van der Waals surface area contributed by atoms with Crippen molar-refractivity contribution in [2.45, 2.75) is 31.7 Å². The van der Waals surface area contributed by atoms with Crippen LogP contribution in [0.15, 0.2) is 24.3 Å². The Kier molecular flexibility index (Phi) is 5.65. The van der Waals surface area contributed by atoms with E-state index in [-0.39, 0.29) is 24.4 Å². The maximum absolute atomic E-state index is 12.3. The monoisotopic (exact) mass is 302 g/mol. The van der Waals surface area contributed by atoms with Crippen LogP contribution in [0, 0.1) is 0 Å². The molecule has 1 amide bonds. The summed E-state index contributed by atoms with van der Waals surface area (Å²) in [6, 6.07) is 7.72. The van der Waals surface area contributed by atoms with E-state index in [1.54, 1.807) is 0 Å². The van der Waals surface area contributed by atoms with Gasteiger partial charge in [-0.2, -0.15) is 0 Å². The molecule has 0 bridgehead atoms. The first kappa shape index (κ1) is 16.3. The van der Waals surface area contributed by atoms with E-state index in [9.17, 15) is 4.79 Å². The van der Waals surface area contributed by atoms with E-state index in [0.29, 0.717) is 5.02 Å². The van der Waals surface area contributed by atoms with Crippen LogP contribution in [0.5, 0.6) is 0 Å². The number of nitrogens with one attached hydrogen (secondary N) is 2. The largest absolute Gasteiger partial charge is 0.351 e. The van der Waals surface area contributed by atoms with Crippen LogP contribution in [0.25, 0.3) is 0 Å². The van der Waals surface area contributed by atoms with Crippen LogP contribution in [0.1, 0.15) is 25.8 Å². The number of carbonyl (C=O) groups is 1. The minimum Gasteiger partial charge on any atom is -0.351 e. The van der Waals surface area contributed by atoms with E-state index in [0.717, 1.165) is 25.1 Å². The van der Waals surface area contributed by atoms with E-state index >= 15 is 0 Å². The summed E-state index contributed by atoms with van der Waals surface area (Å²) < 4.78 is 0. The Hall–Kier alpha value is -0.770. The second kappa shape index (κ2) is 6.60. The summed E-state index contributed by atoms with van der Waals surface area (Å²) in [4.78, 5) is 12.3. The van der Waals surface area contributed by atoms with Crippen molar-refractivity contribution in [3.05, 3.63) is 34.9 Å². The van der Waals surface area contributed by atoms with Crippen molar-refractivity contribution in [2.24, 2.45) is 0 Å². The highest BCUT2D eigenvalue weighted by atomic mass is 35.5. The average Bonchev–Trinajstić information content (AvgIpc) is 2.82. The molecule has 1 aromatic rings. The molecule has 0 radical (unpaired) electrons. The highest BCUT2D eigenvalue weighted by molar-refractivity contribution is 6.30. The Morgan fingerprint density at radius 2 is 2.00 bits per heavy atom. The van der Waals surface area contributed by atoms with Crippen molar-refractivity contribution in [1.29, 1.82) is 0 Å². The summed E-state index contributed by atoms with van der Waals surface area (Å²) >= 11 is 5.87. The molecule has 2 N–H and O–H groups in total. The Balaban J connectivity index is 0.00000180. The number of amides is 1. The first-order chi connectivity index (χ1) is 8.50. The van der Waals surface area contributed by atoms with Crippen LogP contribution < -0.4 is 10.6 Å². The van der Waals surface area contributed by atoms with Crippen molar-refractivity contribution >= 4 is 29.9 Å². The molecule has 1 aliphatic rings. The first-order valence-corrected chi connectivity index (χ1v) is 6.65. The number of benzene rings is 1. The maximum atomic E-state index is 12.3. The number of carbonyl (C=O) groups excluding carboxylic acids is 1. The predicted octanol–water partition coefficient (Wildman–Crippen LogP) is 2.52. The fourth-order valence-corrected chi connectivity index (χ4v) is 2.27. The standard InChI is InChI=1S/C14H19ClN2O.ClH/c1-14(2,10-3-5-11(15)6-4-10)13(18)17-12-7-8-16-9-12;/h3-6,12,16H,7-9H2,1-2H3,(H,17,18);1H. The molecule has 1 heterocycles. The van der Waals surface area contributed by atoms with Crippen LogP contribution in [0.4, 0.5) is 0 Å². The zero-order valence-corrected chi connectivity index (χ0v) is 12.8. The highest BCUT2D eigenvalue weighted by Crippen LogP contribution is 2.25. The molecule has 0 aromatic heterocycles. The van der Waals surface area contributed by atoms with Gasteiger partial charge in [0.25, 0.3) is 0 Å². The molecule has 1 aromatic carbocycles. The maximum Gasteiger partial charge on any atom is 0.230 e. The lowest BCUT2D eigenvalue weighted by Gasteiger charge is -2.26. The number of rotatable bonds is 3. The van der Waals surface area contributed by atoms with Gasteiger partial charge in [-0.15, -0.1) is 12.4 Å². The summed E-state index contributed by atoms with van der Waals surface area (Å²) in [5, 5.41) is 7.03. The molecule has 106 valence electrons. The van der Waals surface area contributed by atoms with Gasteiger partial charge in [0.1, 0.15) is 0 Å². The van der Waals surface area contributed by atoms with Gasteiger partial charge in [-0.05, 0) is 44.5 Å². The third kappa shape index (κ3) is 3.85. The number of halogens is 2. The van der Waals surface area contributed by atoms with Gasteiger partial charge in [-0.3, -0.25) is 4.79 Å².